The number of para-hydroxylation sites is 1. The highest BCUT2D eigenvalue weighted by molar-refractivity contribution is 5.93. The number of rotatable bonds is 6. The van der Waals surface area contributed by atoms with E-state index < -0.39 is 30.1 Å². The molecule has 0 spiro atoms. The van der Waals surface area contributed by atoms with Crippen LogP contribution >= 0.6 is 0 Å². The molecule has 2 aromatic carbocycles. The van der Waals surface area contributed by atoms with E-state index in [2.05, 4.69) is 16.0 Å². The van der Waals surface area contributed by atoms with Gasteiger partial charge in [-0.25, -0.2) is 0 Å². The Hall–Kier alpha value is -3.43. The van der Waals surface area contributed by atoms with Crippen LogP contribution in [0.5, 0.6) is 5.75 Å². The lowest BCUT2D eigenvalue weighted by atomic mass is 9.96. The summed E-state index contributed by atoms with van der Waals surface area (Å²) in [7, 11) is 1.53. The maximum Gasteiger partial charge on any atom is 0.246 e. The second-order valence-electron chi connectivity index (χ2n) is 10.9. The van der Waals surface area contributed by atoms with E-state index in [9.17, 15) is 19.5 Å². The molecule has 2 unspecified atom stereocenters. The van der Waals surface area contributed by atoms with Crippen molar-refractivity contribution in [1.82, 2.24) is 20.9 Å². The number of amides is 3. The van der Waals surface area contributed by atoms with Gasteiger partial charge in [-0.2, -0.15) is 0 Å². The number of aryl methyl sites for hydroxylation is 2. The highest BCUT2D eigenvalue weighted by Crippen LogP contribution is 2.20. The molecule has 9 nitrogen and oxygen atoms in total. The van der Waals surface area contributed by atoms with E-state index in [1.165, 1.54) is 18.9 Å². The zero-order valence-electron chi connectivity index (χ0n) is 24.8. The van der Waals surface area contributed by atoms with Crippen LogP contribution in [0.1, 0.15) is 51.2 Å². The number of aliphatic hydroxyl groups excluding tert-OH is 1. The Bertz CT molecular complexity index is 1130. The molecular formula is C32H46N4O5. The minimum atomic E-state index is -1.16. The van der Waals surface area contributed by atoms with E-state index in [1.807, 2.05) is 68.4 Å². The van der Waals surface area contributed by atoms with Crippen molar-refractivity contribution in [2.24, 2.45) is 5.92 Å². The molecule has 5 atom stereocenters. The van der Waals surface area contributed by atoms with Gasteiger partial charge in [0, 0.05) is 20.1 Å². The Balaban J connectivity index is 1.88. The lowest BCUT2D eigenvalue weighted by Crippen LogP contribution is -2.60. The molecule has 0 saturated heterocycles. The first kappa shape index (κ1) is 32.1. The second kappa shape index (κ2) is 16.1. The van der Waals surface area contributed by atoms with Crippen LogP contribution in [0.3, 0.4) is 0 Å². The van der Waals surface area contributed by atoms with Gasteiger partial charge in [0.15, 0.2) is 0 Å². The fourth-order valence-corrected chi connectivity index (χ4v) is 5.16. The maximum absolute atomic E-state index is 13.7. The fourth-order valence-electron chi connectivity index (χ4n) is 5.16. The summed E-state index contributed by atoms with van der Waals surface area (Å²) in [6.07, 6.45) is 1.97. The molecule has 0 aromatic heterocycles. The summed E-state index contributed by atoms with van der Waals surface area (Å²) < 4.78 is 6.07. The second-order valence-corrected chi connectivity index (χ2v) is 10.9. The smallest absolute Gasteiger partial charge is 0.246 e. The van der Waals surface area contributed by atoms with Gasteiger partial charge in [0.05, 0.1) is 12.1 Å². The third-order valence-electron chi connectivity index (χ3n) is 7.79. The van der Waals surface area contributed by atoms with Gasteiger partial charge in [-0.15, -0.1) is 0 Å². The van der Waals surface area contributed by atoms with Crippen molar-refractivity contribution in [3.05, 3.63) is 65.7 Å². The van der Waals surface area contributed by atoms with Crippen molar-refractivity contribution < 1.29 is 24.2 Å². The quantitative estimate of drug-likeness (QED) is 0.427. The number of carbonyl (C=O) groups excluding carboxylic acids is 3. The zero-order valence-corrected chi connectivity index (χ0v) is 24.8. The van der Waals surface area contributed by atoms with Gasteiger partial charge in [0.1, 0.15) is 24.4 Å². The molecule has 0 saturated carbocycles. The number of fused-ring (bicyclic) bond motifs is 1. The molecule has 0 radical (unpaired) electrons. The van der Waals surface area contributed by atoms with Gasteiger partial charge < -0.3 is 30.7 Å². The van der Waals surface area contributed by atoms with Crippen LogP contribution in [0.2, 0.25) is 0 Å². The number of aliphatic hydroxyl groups is 1. The van der Waals surface area contributed by atoms with E-state index in [1.54, 1.807) is 0 Å². The molecule has 0 fully saturated rings. The average molecular weight is 567 g/mol. The van der Waals surface area contributed by atoms with Crippen molar-refractivity contribution >= 4 is 17.7 Å². The molecular weight excluding hydrogens is 520 g/mol. The largest absolute Gasteiger partial charge is 0.492 e. The van der Waals surface area contributed by atoms with E-state index in [4.69, 9.17) is 4.74 Å². The molecule has 2 aromatic rings. The van der Waals surface area contributed by atoms with Crippen molar-refractivity contribution in [3.63, 3.8) is 0 Å². The van der Waals surface area contributed by atoms with Crippen LogP contribution < -0.4 is 20.7 Å². The summed E-state index contributed by atoms with van der Waals surface area (Å²) in [5.41, 5.74) is 2.10. The van der Waals surface area contributed by atoms with Crippen molar-refractivity contribution in [3.8, 4) is 5.75 Å². The Morgan fingerprint density at radius 3 is 2.41 bits per heavy atom. The molecule has 3 rings (SSSR count). The van der Waals surface area contributed by atoms with Crippen LogP contribution in [0.15, 0.2) is 54.6 Å². The van der Waals surface area contributed by atoms with Crippen LogP contribution in [0.25, 0.3) is 0 Å². The first-order valence-electron chi connectivity index (χ1n) is 14.7. The van der Waals surface area contributed by atoms with E-state index in [0.29, 0.717) is 45.4 Å². The molecule has 9 heteroatoms. The summed E-state index contributed by atoms with van der Waals surface area (Å²) >= 11 is 0. The number of hydrogen-bond donors (Lipinski definition) is 4. The SMILES string of the molecule is CCC(C)[C@@H]1NCCOc2ccccc2CCCNC(=O)[C@@H](CCc2ccccc2)NC(=O)[C@H](C(C)O)N(C)C1=O. The normalized spacial score (nSPS) is 23.2. The average Bonchev–Trinajstić information content (AvgIpc) is 2.97. The Morgan fingerprint density at radius 2 is 1.71 bits per heavy atom. The maximum atomic E-state index is 13.7. The summed E-state index contributed by atoms with van der Waals surface area (Å²) in [6, 6.07) is 15.0. The van der Waals surface area contributed by atoms with Crippen molar-refractivity contribution in [2.75, 3.05) is 26.7 Å². The predicted molar refractivity (Wildman–Crippen MR) is 159 cm³/mol. The van der Waals surface area contributed by atoms with Crippen molar-refractivity contribution in [2.45, 2.75) is 77.1 Å². The highest BCUT2D eigenvalue weighted by Gasteiger charge is 2.37. The third-order valence-corrected chi connectivity index (χ3v) is 7.79. The molecule has 4 N–H and O–H groups in total. The first-order valence-corrected chi connectivity index (χ1v) is 14.7. The number of carbonyl (C=O) groups is 3. The number of likely N-dealkylation sites (N-methyl/N-ethyl adjacent to an activating group) is 1. The standard InChI is InChI=1S/C32H46N4O5/c1-5-22(2)28-32(40)36(4)29(23(3)37)31(39)35-26(18-17-24-12-7-6-8-13-24)30(38)34-19-11-15-25-14-9-10-16-27(25)41-21-20-33-28/h6-10,12-14,16,22-23,26,28-29,33,37H,5,11,15,17-21H2,1-4H3,(H,34,38)(H,35,39)/t22?,23?,26-,28+,29+/m1/s1. The number of ether oxygens (including phenoxy) is 1. The summed E-state index contributed by atoms with van der Waals surface area (Å²) in [6.45, 7) is 6.70. The van der Waals surface area contributed by atoms with Gasteiger partial charge in [-0.05, 0) is 55.7 Å². The Labute approximate surface area is 244 Å². The van der Waals surface area contributed by atoms with Crippen LogP contribution in [-0.2, 0) is 27.2 Å². The van der Waals surface area contributed by atoms with Crippen LogP contribution in [-0.4, -0.2) is 78.7 Å². The topological polar surface area (TPSA) is 120 Å². The molecule has 1 aliphatic heterocycles. The summed E-state index contributed by atoms with van der Waals surface area (Å²) in [5, 5.41) is 19.8. The van der Waals surface area contributed by atoms with Crippen LogP contribution in [0.4, 0.5) is 0 Å². The first-order chi connectivity index (χ1) is 19.7. The monoisotopic (exact) mass is 566 g/mol. The van der Waals surface area contributed by atoms with E-state index in [-0.39, 0.29) is 17.7 Å². The third kappa shape index (κ3) is 9.30. The lowest BCUT2D eigenvalue weighted by molar-refractivity contribution is -0.146. The molecule has 0 bridgehead atoms. The van der Waals surface area contributed by atoms with Crippen molar-refractivity contribution in [1.29, 1.82) is 0 Å². The molecule has 1 heterocycles. The Kier molecular flexibility index (Phi) is 12.6. The van der Waals surface area contributed by atoms with Gasteiger partial charge in [-0.3, -0.25) is 14.4 Å². The molecule has 41 heavy (non-hydrogen) atoms. The fraction of sp³-hybridized carbons (Fsp3) is 0.531. The summed E-state index contributed by atoms with van der Waals surface area (Å²) in [5.74, 6) is -0.396. The van der Waals surface area contributed by atoms with Crippen LogP contribution in [0, 0.1) is 5.92 Å². The minimum absolute atomic E-state index is 0.0232. The summed E-state index contributed by atoms with van der Waals surface area (Å²) in [4.78, 5) is 41.9. The van der Waals surface area contributed by atoms with E-state index >= 15 is 0 Å². The van der Waals surface area contributed by atoms with Gasteiger partial charge in [-0.1, -0.05) is 68.8 Å². The zero-order chi connectivity index (χ0) is 29.8. The minimum Gasteiger partial charge on any atom is -0.492 e. The lowest BCUT2D eigenvalue weighted by Gasteiger charge is -2.35. The molecule has 224 valence electrons. The van der Waals surface area contributed by atoms with Gasteiger partial charge in [0.2, 0.25) is 17.7 Å². The number of nitrogens with zero attached hydrogens (tertiary/aromatic N) is 1. The number of hydrogen-bond acceptors (Lipinski definition) is 6. The molecule has 3 amide bonds. The molecule has 1 aliphatic rings. The van der Waals surface area contributed by atoms with E-state index in [0.717, 1.165) is 23.3 Å². The Morgan fingerprint density at radius 1 is 1.00 bits per heavy atom. The van der Waals surface area contributed by atoms with Gasteiger partial charge in [0.25, 0.3) is 0 Å². The van der Waals surface area contributed by atoms with Gasteiger partial charge >= 0.3 is 0 Å². The highest BCUT2D eigenvalue weighted by atomic mass is 16.5. The predicted octanol–water partition coefficient (Wildman–Crippen LogP) is 2.46. The molecule has 0 aliphatic carbocycles. The number of nitrogens with one attached hydrogen (secondary N) is 3. The number of benzene rings is 2.